The van der Waals surface area contributed by atoms with E-state index in [0.29, 0.717) is 6.42 Å². The molecule has 2 aromatic rings. The van der Waals surface area contributed by atoms with Crippen LogP contribution in [-0.4, -0.2) is 16.4 Å². The van der Waals surface area contributed by atoms with Gasteiger partial charge in [-0.05, 0) is 43.9 Å². The van der Waals surface area contributed by atoms with E-state index >= 15 is 0 Å². The van der Waals surface area contributed by atoms with E-state index in [2.05, 4.69) is 16.2 Å². The van der Waals surface area contributed by atoms with E-state index in [9.17, 15) is 4.79 Å². The van der Waals surface area contributed by atoms with Crippen LogP contribution in [0, 0.1) is 26.2 Å². The molecule has 0 aliphatic rings. The minimum atomic E-state index is -0.552. The van der Waals surface area contributed by atoms with E-state index in [1.165, 1.54) is 0 Å². The quantitative estimate of drug-likeness (QED) is 0.856. The van der Waals surface area contributed by atoms with Crippen LogP contribution >= 0.6 is 0 Å². The minimum absolute atomic E-state index is 0.0464. The SMILES string of the molecule is C#CC(CC)(CC)NC(=O)Cc1c(C)nc2ccccc2c1C. The van der Waals surface area contributed by atoms with E-state index in [4.69, 9.17) is 6.42 Å². The van der Waals surface area contributed by atoms with Crippen LogP contribution in [0.5, 0.6) is 0 Å². The molecule has 1 heterocycles. The zero-order chi connectivity index (χ0) is 17.0. The summed E-state index contributed by atoms with van der Waals surface area (Å²) in [7, 11) is 0. The van der Waals surface area contributed by atoms with Gasteiger partial charge in [0.25, 0.3) is 0 Å². The van der Waals surface area contributed by atoms with Gasteiger partial charge in [-0.1, -0.05) is 38.0 Å². The number of terminal acetylenes is 1. The number of aryl methyl sites for hydroxylation is 2. The highest BCUT2D eigenvalue weighted by Gasteiger charge is 2.25. The molecule has 1 aromatic carbocycles. The highest BCUT2D eigenvalue weighted by Crippen LogP contribution is 2.23. The molecule has 0 atom stereocenters. The Labute approximate surface area is 138 Å². The lowest BCUT2D eigenvalue weighted by atomic mass is 9.93. The van der Waals surface area contributed by atoms with E-state index in [-0.39, 0.29) is 5.91 Å². The fourth-order valence-electron chi connectivity index (χ4n) is 2.97. The van der Waals surface area contributed by atoms with Gasteiger partial charge in [0.1, 0.15) is 5.54 Å². The lowest BCUT2D eigenvalue weighted by Crippen LogP contribution is -2.47. The Hall–Kier alpha value is -2.34. The van der Waals surface area contributed by atoms with Gasteiger partial charge in [0.05, 0.1) is 11.9 Å². The van der Waals surface area contributed by atoms with Crippen molar-refractivity contribution in [2.75, 3.05) is 0 Å². The number of carbonyl (C=O) groups excluding carboxylic acids is 1. The molecule has 0 spiro atoms. The summed E-state index contributed by atoms with van der Waals surface area (Å²) < 4.78 is 0. The van der Waals surface area contributed by atoms with Crippen molar-refractivity contribution in [3.63, 3.8) is 0 Å². The van der Waals surface area contributed by atoms with Crippen LogP contribution in [0.4, 0.5) is 0 Å². The third kappa shape index (κ3) is 3.37. The number of pyridine rings is 1. The topological polar surface area (TPSA) is 42.0 Å². The van der Waals surface area contributed by atoms with Crippen molar-refractivity contribution in [2.45, 2.75) is 52.5 Å². The molecule has 1 amide bonds. The highest BCUT2D eigenvalue weighted by atomic mass is 16.1. The fourth-order valence-corrected chi connectivity index (χ4v) is 2.97. The predicted molar refractivity (Wildman–Crippen MR) is 95.2 cm³/mol. The first-order valence-corrected chi connectivity index (χ1v) is 8.10. The molecular weight excluding hydrogens is 284 g/mol. The molecule has 120 valence electrons. The molecule has 0 bridgehead atoms. The van der Waals surface area contributed by atoms with Gasteiger partial charge >= 0.3 is 0 Å². The number of amides is 1. The number of nitrogens with zero attached hydrogens (tertiary/aromatic N) is 1. The summed E-state index contributed by atoms with van der Waals surface area (Å²) in [6.45, 7) is 8.00. The second-order valence-corrected chi connectivity index (χ2v) is 5.98. The maximum atomic E-state index is 12.5. The van der Waals surface area contributed by atoms with Gasteiger partial charge in [0, 0.05) is 11.1 Å². The molecule has 0 unspecified atom stereocenters. The van der Waals surface area contributed by atoms with E-state index in [1.807, 2.05) is 52.0 Å². The second-order valence-electron chi connectivity index (χ2n) is 5.98. The zero-order valence-electron chi connectivity index (χ0n) is 14.4. The van der Waals surface area contributed by atoms with Crippen LogP contribution in [0.1, 0.15) is 43.5 Å². The Morgan fingerprint density at radius 1 is 1.26 bits per heavy atom. The van der Waals surface area contributed by atoms with Gasteiger partial charge in [-0.2, -0.15) is 0 Å². The van der Waals surface area contributed by atoms with Gasteiger partial charge < -0.3 is 5.32 Å². The van der Waals surface area contributed by atoms with Gasteiger partial charge in [-0.3, -0.25) is 9.78 Å². The zero-order valence-corrected chi connectivity index (χ0v) is 14.4. The average Bonchev–Trinajstić information content (AvgIpc) is 2.56. The van der Waals surface area contributed by atoms with Crippen molar-refractivity contribution in [2.24, 2.45) is 0 Å². The van der Waals surface area contributed by atoms with Crippen LogP contribution in [0.25, 0.3) is 10.9 Å². The molecular formula is C20H24N2O. The summed E-state index contributed by atoms with van der Waals surface area (Å²) in [6.07, 6.45) is 7.38. The van der Waals surface area contributed by atoms with Crippen LogP contribution < -0.4 is 5.32 Å². The third-order valence-electron chi connectivity index (χ3n) is 4.69. The number of hydrogen-bond donors (Lipinski definition) is 1. The number of fused-ring (bicyclic) bond motifs is 1. The Kier molecular flexibility index (Phi) is 5.05. The normalized spacial score (nSPS) is 11.3. The molecule has 3 heteroatoms. The number of aromatic nitrogens is 1. The number of rotatable bonds is 5. The van der Waals surface area contributed by atoms with E-state index < -0.39 is 5.54 Å². The number of carbonyl (C=O) groups is 1. The van der Waals surface area contributed by atoms with E-state index in [0.717, 1.165) is 40.6 Å². The van der Waals surface area contributed by atoms with Crippen LogP contribution in [0.15, 0.2) is 24.3 Å². The predicted octanol–water partition coefficient (Wildman–Crippen LogP) is 3.70. The first-order valence-electron chi connectivity index (χ1n) is 8.10. The Morgan fingerprint density at radius 3 is 2.52 bits per heavy atom. The van der Waals surface area contributed by atoms with Gasteiger partial charge in [-0.25, -0.2) is 0 Å². The molecule has 1 N–H and O–H groups in total. The highest BCUT2D eigenvalue weighted by molar-refractivity contribution is 5.86. The fraction of sp³-hybridized carbons (Fsp3) is 0.400. The number of nitrogens with one attached hydrogen (secondary N) is 1. The van der Waals surface area contributed by atoms with Crippen molar-refractivity contribution in [1.29, 1.82) is 0 Å². The molecule has 0 saturated heterocycles. The maximum absolute atomic E-state index is 12.5. The van der Waals surface area contributed by atoms with Crippen molar-refractivity contribution in [3.8, 4) is 12.3 Å². The Balaban J connectivity index is 2.32. The maximum Gasteiger partial charge on any atom is 0.225 e. The van der Waals surface area contributed by atoms with Crippen molar-refractivity contribution in [1.82, 2.24) is 10.3 Å². The standard InChI is InChI=1S/C20H24N2O/c1-6-20(7-2,8-3)22-19(23)13-17-14(4)16-11-9-10-12-18(16)21-15(17)5/h1,9-12H,7-8,13H2,2-5H3,(H,22,23). The summed E-state index contributed by atoms with van der Waals surface area (Å²) in [6, 6.07) is 8.01. The molecule has 2 rings (SSSR count). The van der Waals surface area contributed by atoms with Gasteiger partial charge in [-0.15, -0.1) is 6.42 Å². The lowest BCUT2D eigenvalue weighted by molar-refractivity contribution is -0.121. The summed E-state index contributed by atoms with van der Waals surface area (Å²) in [5.41, 5.74) is 3.41. The van der Waals surface area contributed by atoms with Crippen molar-refractivity contribution in [3.05, 3.63) is 41.1 Å². The number of hydrogen-bond acceptors (Lipinski definition) is 2. The van der Waals surface area contributed by atoms with Crippen LogP contribution in [0.2, 0.25) is 0 Å². The number of para-hydroxylation sites is 1. The molecule has 0 fully saturated rings. The number of benzene rings is 1. The molecule has 0 saturated carbocycles. The monoisotopic (exact) mass is 308 g/mol. The van der Waals surface area contributed by atoms with Crippen LogP contribution in [-0.2, 0) is 11.2 Å². The molecule has 1 aromatic heterocycles. The Morgan fingerprint density at radius 2 is 1.91 bits per heavy atom. The summed E-state index contributed by atoms with van der Waals surface area (Å²) in [4.78, 5) is 17.1. The molecule has 0 aliphatic heterocycles. The smallest absolute Gasteiger partial charge is 0.225 e. The average molecular weight is 308 g/mol. The summed E-state index contributed by atoms with van der Waals surface area (Å²) >= 11 is 0. The Bertz CT molecular complexity index is 767. The van der Waals surface area contributed by atoms with Gasteiger partial charge in [0.2, 0.25) is 5.91 Å². The largest absolute Gasteiger partial charge is 0.340 e. The summed E-state index contributed by atoms with van der Waals surface area (Å²) in [5.74, 6) is 2.70. The first-order chi connectivity index (χ1) is 11.0. The minimum Gasteiger partial charge on any atom is -0.340 e. The second kappa shape index (κ2) is 6.83. The molecule has 0 aliphatic carbocycles. The summed E-state index contributed by atoms with van der Waals surface area (Å²) in [5, 5.41) is 4.12. The van der Waals surface area contributed by atoms with Crippen LogP contribution in [0.3, 0.4) is 0 Å². The first kappa shape index (κ1) is 17.0. The molecule has 0 radical (unpaired) electrons. The van der Waals surface area contributed by atoms with E-state index in [1.54, 1.807) is 0 Å². The molecule has 3 nitrogen and oxygen atoms in total. The van der Waals surface area contributed by atoms with Gasteiger partial charge in [0.15, 0.2) is 0 Å². The molecule has 23 heavy (non-hydrogen) atoms. The lowest BCUT2D eigenvalue weighted by Gasteiger charge is -2.27. The van der Waals surface area contributed by atoms with Crippen molar-refractivity contribution >= 4 is 16.8 Å². The van der Waals surface area contributed by atoms with Crippen molar-refractivity contribution < 1.29 is 4.79 Å². The third-order valence-corrected chi connectivity index (χ3v) is 4.69.